The van der Waals surface area contributed by atoms with Crippen LogP contribution >= 0.6 is 0 Å². The van der Waals surface area contributed by atoms with Gasteiger partial charge in [-0.2, -0.15) is 0 Å². The highest BCUT2D eigenvalue weighted by atomic mass is 19.1. The van der Waals surface area contributed by atoms with Gasteiger partial charge in [-0.05, 0) is 87.8 Å². The number of fused-ring (bicyclic) bond motifs is 3. The summed E-state index contributed by atoms with van der Waals surface area (Å²) in [5, 5.41) is 3.15. The van der Waals surface area contributed by atoms with E-state index in [-0.39, 0.29) is 31.1 Å². The van der Waals surface area contributed by atoms with Crippen LogP contribution in [0.2, 0.25) is 0 Å². The molecule has 2 atom stereocenters. The molecule has 5 nitrogen and oxygen atoms in total. The van der Waals surface area contributed by atoms with Gasteiger partial charge in [-0.1, -0.05) is 39.0 Å². The molecule has 3 amide bonds. The third-order valence-corrected chi connectivity index (χ3v) is 8.20. The first-order valence-corrected chi connectivity index (χ1v) is 13.2. The van der Waals surface area contributed by atoms with Gasteiger partial charge in [0.25, 0.3) is 5.91 Å². The van der Waals surface area contributed by atoms with Crippen LogP contribution in [-0.4, -0.2) is 41.8 Å². The molecule has 1 saturated heterocycles. The number of aryl methyl sites for hydroxylation is 1. The summed E-state index contributed by atoms with van der Waals surface area (Å²) in [4.78, 5) is 28.4. The number of alkyl halides is 1. The summed E-state index contributed by atoms with van der Waals surface area (Å²) < 4.78 is 20.5. The number of benzene rings is 1. The molecule has 2 unspecified atom stereocenters. The molecular weight excluding hydrogens is 431 g/mol. The van der Waals surface area contributed by atoms with Gasteiger partial charge in [0, 0.05) is 5.41 Å². The Morgan fingerprint density at radius 2 is 1.88 bits per heavy atom. The second-order valence-electron chi connectivity index (χ2n) is 11.4. The lowest BCUT2D eigenvalue weighted by molar-refractivity contribution is -0.140. The first kappa shape index (κ1) is 25.2. The molecule has 2 fully saturated rings. The number of hydrogen-bond acceptors (Lipinski definition) is 3. The van der Waals surface area contributed by atoms with Crippen molar-refractivity contribution in [1.29, 1.82) is 0 Å². The molecule has 188 valence electrons. The van der Waals surface area contributed by atoms with Crippen LogP contribution in [0.3, 0.4) is 0 Å². The summed E-state index contributed by atoms with van der Waals surface area (Å²) in [6.07, 6.45) is 5.48. The molecule has 34 heavy (non-hydrogen) atoms. The normalized spacial score (nSPS) is 29.5. The zero-order valence-corrected chi connectivity index (χ0v) is 21.5. The number of nitrogens with one attached hydrogen (secondary N) is 1. The second kappa shape index (κ2) is 9.60. The fourth-order valence-corrected chi connectivity index (χ4v) is 6.35. The Hall–Kier alpha value is -1.95. The van der Waals surface area contributed by atoms with E-state index in [1.54, 1.807) is 6.92 Å². The maximum Gasteiger partial charge on any atom is 0.325 e. The quantitative estimate of drug-likeness (QED) is 0.495. The number of ether oxygens (including phenoxy) is 1. The molecule has 1 aliphatic heterocycles. The third kappa shape index (κ3) is 4.27. The fraction of sp³-hybridized carbons (Fsp3) is 0.714. The number of nitrogens with zero attached hydrogens (tertiary/aromatic N) is 1. The third-order valence-electron chi connectivity index (χ3n) is 8.20. The SMILES string of the molecule is CCC(F)CN1C(=O)NC2(C1=O)c1cc(CCC(C)C)ccc1CC21CCC(OC(C)C)CC1. The van der Waals surface area contributed by atoms with Crippen LogP contribution in [0.5, 0.6) is 0 Å². The van der Waals surface area contributed by atoms with Crippen molar-refractivity contribution in [2.75, 3.05) is 6.54 Å². The number of hydrogen-bond donors (Lipinski definition) is 1. The van der Waals surface area contributed by atoms with E-state index in [1.165, 1.54) is 5.56 Å². The van der Waals surface area contributed by atoms with Crippen molar-refractivity contribution < 1.29 is 18.7 Å². The lowest BCUT2D eigenvalue weighted by Crippen LogP contribution is -2.57. The van der Waals surface area contributed by atoms with Gasteiger partial charge in [0.15, 0.2) is 5.54 Å². The summed E-state index contributed by atoms with van der Waals surface area (Å²) in [6.45, 7) is 10.1. The fourth-order valence-electron chi connectivity index (χ4n) is 6.35. The van der Waals surface area contributed by atoms with Crippen LogP contribution in [0.4, 0.5) is 9.18 Å². The van der Waals surface area contributed by atoms with Crippen molar-refractivity contribution in [3.63, 3.8) is 0 Å². The van der Waals surface area contributed by atoms with Crippen LogP contribution in [0.1, 0.15) is 89.8 Å². The van der Waals surface area contributed by atoms with Gasteiger partial charge in [-0.3, -0.25) is 9.69 Å². The highest BCUT2D eigenvalue weighted by molar-refractivity contribution is 6.09. The molecule has 0 aromatic heterocycles. The highest BCUT2D eigenvalue weighted by Crippen LogP contribution is 2.60. The summed E-state index contributed by atoms with van der Waals surface area (Å²) in [5.41, 5.74) is 1.76. The molecule has 1 saturated carbocycles. The summed E-state index contributed by atoms with van der Waals surface area (Å²) in [7, 11) is 0. The number of halogens is 1. The zero-order valence-electron chi connectivity index (χ0n) is 21.5. The van der Waals surface area contributed by atoms with Gasteiger partial charge in [0.1, 0.15) is 6.17 Å². The zero-order chi connectivity index (χ0) is 24.7. The van der Waals surface area contributed by atoms with Gasteiger partial charge in [0.2, 0.25) is 0 Å². The number of imide groups is 1. The number of carbonyl (C=O) groups is 2. The second-order valence-corrected chi connectivity index (χ2v) is 11.4. The van der Waals surface area contributed by atoms with E-state index < -0.39 is 23.2 Å². The predicted octanol–water partition coefficient (Wildman–Crippen LogP) is 5.68. The van der Waals surface area contributed by atoms with Gasteiger partial charge in [0.05, 0.1) is 18.8 Å². The smallest absolute Gasteiger partial charge is 0.325 e. The molecular formula is C28H41FN2O3. The monoisotopic (exact) mass is 472 g/mol. The Balaban J connectivity index is 1.73. The number of rotatable bonds is 8. The molecule has 3 aliphatic rings. The minimum absolute atomic E-state index is 0.163. The molecule has 6 heteroatoms. The lowest BCUT2D eigenvalue weighted by Gasteiger charge is -2.46. The Morgan fingerprint density at radius 3 is 2.50 bits per heavy atom. The van der Waals surface area contributed by atoms with Crippen LogP contribution in [0, 0.1) is 11.3 Å². The number of amides is 3. The van der Waals surface area contributed by atoms with E-state index in [2.05, 4.69) is 51.2 Å². The Labute approximate surface area is 203 Å². The average molecular weight is 473 g/mol. The topological polar surface area (TPSA) is 58.6 Å². The van der Waals surface area contributed by atoms with E-state index in [1.807, 2.05) is 0 Å². The van der Waals surface area contributed by atoms with Crippen molar-refractivity contribution in [3.8, 4) is 0 Å². The minimum Gasteiger partial charge on any atom is -0.376 e. The van der Waals surface area contributed by atoms with Gasteiger partial charge >= 0.3 is 6.03 Å². The molecule has 1 N–H and O–H groups in total. The Bertz CT molecular complexity index is 922. The van der Waals surface area contributed by atoms with Gasteiger partial charge in [-0.25, -0.2) is 9.18 Å². The standard InChI is InChI=1S/C28H41FN2O3/c1-6-22(29)17-31-25(32)28(30-26(31)33)24-15-20(8-7-18(2)3)9-10-21(24)16-27(28)13-11-23(12-14-27)34-19(4)5/h9-10,15,18-19,22-23H,6-8,11-14,16-17H2,1-5H3,(H,30,33). The molecule has 4 rings (SSSR count). The van der Waals surface area contributed by atoms with E-state index in [9.17, 15) is 14.0 Å². The van der Waals surface area contributed by atoms with Crippen molar-refractivity contribution in [2.24, 2.45) is 11.3 Å². The molecule has 1 aromatic rings. The summed E-state index contributed by atoms with van der Waals surface area (Å²) in [6, 6.07) is 6.03. The molecule has 2 spiro atoms. The van der Waals surface area contributed by atoms with E-state index in [0.29, 0.717) is 5.92 Å². The van der Waals surface area contributed by atoms with Crippen LogP contribution in [0.25, 0.3) is 0 Å². The molecule has 1 aromatic carbocycles. The van der Waals surface area contributed by atoms with Gasteiger partial charge < -0.3 is 10.1 Å². The number of urea groups is 1. The number of carbonyl (C=O) groups excluding carboxylic acids is 2. The van der Waals surface area contributed by atoms with Gasteiger partial charge in [-0.15, -0.1) is 0 Å². The van der Waals surface area contributed by atoms with Crippen molar-refractivity contribution >= 4 is 11.9 Å². The maximum atomic E-state index is 14.4. The van der Waals surface area contributed by atoms with Crippen molar-refractivity contribution in [3.05, 3.63) is 34.9 Å². The average Bonchev–Trinajstić information content (AvgIpc) is 3.20. The first-order chi connectivity index (χ1) is 16.1. The minimum atomic E-state index is -1.21. The van der Waals surface area contributed by atoms with E-state index in [4.69, 9.17) is 4.74 Å². The van der Waals surface area contributed by atoms with E-state index >= 15 is 0 Å². The van der Waals surface area contributed by atoms with Crippen molar-refractivity contribution in [1.82, 2.24) is 10.2 Å². The molecule has 0 radical (unpaired) electrons. The predicted molar refractivity (Wildman–Crippen MR) is 131 cm³/mol. The van der Waals surface area contributed by atoms with Crippen molar-refractivity contribution in [2.45, 2.75) is 110 Å². The Morgan fingerprint density at radius 1 is 1.18 bits per heavy atom. The van der Waals surface area contributed by atoms with Crippen LogP contribution in [-0.2, 0) is 27.9 Å². The molecule has 1 heterocycles. The van der Waals surface area contributed by atoms with Crippen LogP contribution in [0.15, 0.2) is 18.2 Å². The maximum absolute atomic E-state index is 14.4. The van der Waals surface area contributed by atoms with E-state index in [0.717, 1.165) is 61.0 Å². The Kier molecular flexibility index (Phi) is 7.10. The lowest BCUT2D eigenvalue weighted by atomic mass is 9.61. The highest BCUT2D eigenvalue weighted by Gasteiger charge is 2.68. The van der Waals surface area contributed by atoms with Crippen LogP contribution < -0.4 is 5.32 Å². The first-order valence-electron chi connectivity index (χ1n) is 13.2. The summed E-state index contributed by atoms with van der Waals surface area (Å²) >= 11 is 0. The molecule has 0 bridgehead atoms. The largest absolute Gasteiger partial charge is 0.376 e. The molecule has 2 aliphatic carbocycles. The summed E-state index contributed by atoms with van der Waals surface area (Å²) in [5.74, 6) is 0.320.